The van der Waals surface area contributed by atoms with Crippen LogP contribution in [0.2, 0.25) is 0 Å². The van der Waals surface area contributed by atoms with Crippen LogP contribution >= 0.6 is 35.3 Å². The molecule has 10 heteroatoms. The van der Waals surface area contributed by atoms with Crippen molar-refractivity contribution in [1.29, 1.82) is 0 Å². The number of rotatable bonds is 7. The molecule has 0 spiro atoms. The van der Waals surface area contributed by atoms with Crippen molar-refractivity contribution in [3.8, 4) is 0 Å². The third kappa shape index (κ3) is 8.07. The molecule has 0 unspecified atom stereocenters. The standard InChI is InChI=1S/C15H24F3N5S.HI/c1-19-14(20-6-4-10-23-8-2-3-9-23)21-7-5-13-22-12(11-24-13)15(16,17)18;/h11H,2-10H2,1H3,(H2,19,20,21);1H. The molecule has 0 aromatic carbocycles. The van der Waals surface area contributed by atoms with E-state index in [0.29, 0.717) is 23.9 Å². The van der Waals surface area contributed by atoms with E-state index in [1.54, 1.807) is 7.05 Å². The lowest BCUT2D eigenvalue weighted by Crippen LogP contribution is -2.39. The molecule has 25 heavy (non-hydrogen) atoms. The molecule has 0 bridgehead atoms. The van der Waals surface area contributed by atoms with Crippen LogP contribution in [0.1, 0.15) is 30.0 Å². The monoisotopic (exact) mass is 491 g/mol. The van der Waals surface area contributed by atoms with Gasteiger partial charge in [0, 0.05) is 31.9 Å². The van der Waals surface area contributed by atoms with Crippen LogP contribution in [0, 0.1) is 0 Å². The molecule has 1 saturated heterocycles. The van der Waals surface area contributed by atoms with Gasteiger partial charge in [-0.2, -0.15) is 13.2 Å². The molecule has 0 radical (unpaired) electrons. The first kappa shape index (κ1) is 22.4. The first-order chi connectivity index (χ1) is 11.5. The van der Waals surface area contributed by atoms with Gasteiger partial charge in [-0.3, -0.25) is 4.99 Å². The fourth-order valence-electron chi connectivity index (χ4n) is 2.58. The Hall–Kier alpha value is -0.620. The van der Waals surface area contributed by atoms with Crippen molar-refractivity contribution in [1.82, 2.24) is 20.5 Å². The Morgan fingerprint density at radius 3 is 2.56 bits per heavy atom. The van der Waals surface area contributed by atoms with Crippen LogP contribution in [0.5, 0.6) is 0 Å². The number of likely N-dealkylation sites (tertiary alicyclic amines) is 1. The number of hydrogen-bond donors (Lipinski definition) is 2. The van der Waals surface area contributed by atoms with Gasteiger partial charge in [-0.25, -0.2) is 4.98 Å². The Kier molecular flexibility index (Phi) is 10.0. The fraction of sp³-hybridized carbons (Fsp3) is 0.733. The molecule has 1 aliphatic rings. The van der Waals surface area contributed by atoms with Crippen molar-refractivity contribution in [2.24, 2.45) is 4.99 Å². The van der Waals surface area contributed by atoms with E-state index in [0.717, 1.165) is 36.2 Å². The van der Waals surface area contributed by atoms with Crippen molar-refractivity contribution < 1.29 is 13.2 Å². The smallest absolute Gasteiger partial charge is 0.356 e. The van der Waals surface area contributed by atoms with Gasteiger partial charge in [-0.05, 0) is 38.9 Å². The minimum absolute atomic E-state index is 0. The molecule has 2 rings (SSSR count). The van der Waals surface area contributed by atoms with E-state index in [4.69, 9.17) is 0 Å². The number of hydrogen-bond acceptors (Lipinski definition) is 4. The maximum absolute atomic E-state index is 12.5. The van der Waals surface area contributed by atoms with Gasteiger partial charge >= 0.3 is 6.18 Å². The number of thiazole rings is 1. The van der Waals surface area contributed by atoms with Crippen LogP contribution < -0.4 is 10.6 Å². The van der Waals surface area contributed by atoms with Gasteiger partial charge < -0.3 is 15.5 Å². The summed E-state index contributed by atoms with van der Waals surface area (Å²) in [5.74, 6) is 0.670. The summed E-state index contributed by atoms with van der Waals surface area (Å²) in [7, 11) is 1.68. The molecular formula is C15H25F3IN5S. The van der Waals surface area contributed by atoms with Gasteiger partial charge in [0.15, 0.2) is 11.7 Å². The van der Waals surface area contributed by atoms with Crippen LogP contribution in [-0.2, 0) is 12.6 Å². The number of nitrogens with one attached hydrogen (secondary N) is 2. The molecule has 2 heterocycles. The molecule has 1 aliphatic heterocycles. The van der Waals surface area contributed by atoms with Gasteiger partial charge in [-0.1, -0.05) is 0 Å². The minimum Gasteiger partial charge on any atom is -0.356 e. The average molecular weight is 491 g/mol. The summed E-state index contributed by atoms with van der Waals surface area (Å²) in [6.07, 6.45) is -0.292. The second kappa shape index (κ2) is 11.2. The Morgan fingerprint density at radius 2 is 1.96 bits per heavy atom. The summed E-state index contributed by atoms with van der Waals surface area (Å²) < 4.78 is 37.5. The third-order valence-electron chi connectivity index (χ3n) is 3.84. The molecule has 1 aromatic rings. The molecule has 144 valence electrons. The topological polar surface area (TPSA) is 52.6 Å². The summed E-state index contributed by atoms with van der Waals surface area (Å²) in [6.45, 7) is 4.80. The summed E-state index contributed by atoms with van der Waals surface area (Å²) in [4.78, 5) is 10.2. The van der Waals surface area contributed by atoms with Crippen LogP contribution in [0.4, 0.5) is 13.2 Å². The number of alkyl halides is 3. The van der Waals surface area contributed by atoms with Crippen molar-refractivity contribution in [3.63, 3.8) is 0 Å². The van der Waals surface area contributed by atoms with Crippen LogP contribution in [-0.4, -0.2) is 55.6 Å². The van der Waals surface area contributed by atoms with Crippen molar-refractivity contribution in [3.05, 3.63) is 16.1 Å². The lowest BCUT2D eigenvalue weighted by atomic mass is 10.4. The third-order valence-corrected chi connectivity index (χ3v) is 4.75. The second-order valence-corrected chi connectivity index (χ2v) is 6.64. The molecular weight excluding hydrogens is 466 g/mol. The zero-order valence-corrected chi connectivity index (χ0v) is 17.4. The quantitative estimate of drug-likeness (QED) is 0.267. The largest absolute Gasteiger partial charge is 0.434 e. The molecule has 5 nitrogen and oxygen atoms in total. The molecule has 0 saturated carbocycles. The van der Waals surface area contributed by atoms with Gasteiger partial charge in [0.1, 0.15) is 0 Å². The van der Waals surface area contributed by atoms with Gasteiger partial charge in [-0.15, -0.1) is 35.3 Å². The lowest BCUT2D eigenvalue weighted by molar-refractivity contribution is -0.140. The Morgan fingerprint density at radius 1 is 1.28 bits per heavy atom. The molecule has 0 aliphatic carbocycles. The Bertz CT molecular complexity index is 529. The van der Waals surface area contributed by atoms with Gasteiger partial charge in [0.25, 0.3) is 0 Å². The van der Waals surface area contributed by atoms with E-state index in [9.17, 15) is 13.2 Å². The van der Waals surface area contributed by atoms with E-state index >= 15 is 0 Å². The van der Waals surface area contributed by atoms with E-state index in [-0.39, 0.29) is 24.0 Å². The summed E-state index contributed by atoms with van der Waals surface area (Å²) in [5.41, 5.74) is -0.813. The highest BCUT2D eigenvalue weighted by Gasteiger charge is 2.33. The SMILES string of the molecule is CN=C(NCCCN1CCCC1)NCCc1nc(C(F)(F)F)cs1.I. The zero-order valence-electron chi connectivity index (χ0n) is 14.2. The highest BCUT2D eigenvalue weighted by Crippen LogP contribution is 2.29. The Labute approximate surface area is 167 Å². The fourth-order valence-corrected chi connectivity index (χ4v) is 3.39. The van der Waals surface area contributed by atoms with Gasteiger partial charge in [0.2, 0.25) is 0 Å². The molecule has 2 N–H and O–H groups in total. The molecule has 0 atom stereocenters. The average Bonchev–Trinajstić information content (AvgIpc) is 3.20. The lowest BCUT2D eigenvalue weighted by Gasteiger charge is -2.15. The van der Waals surface area contributed by atoms with Crippen LogP contribution in [0.25, 0.3) is 0 Å². The molecule has 1 fully saturated rings. The predicted molar refractivity (Wildman–Crippen MR) is 106 cm³/mol. The number of guanidine groups is 1. The van der Waals surface area contributed by atoms with Crippen LogP contribution in [0.3, 0.4) is 0 Å². The van der Waals surface area contributed by atoms with E-state index in [1.807, 2.05) is 0 Å². The van der Waals surface area contributed by atoms with Crippen molar-refractivity contribution in [2.75, 3.05) is 39.8 Å². The number of aromatic nitrogens is 1. The number of halogens is 4. The highest BCUT2D eigenvalue weighted by molar-refractivity contribution is 14.0. The van der Waals surface area contributed by atoms with E-state index in [1.165, 1.54) is 25.9 Å². The zero-order chi connectivity index (χ0) is 17.4. The number of nitrogens with zero attached hydrogens (tertiary/aromatic N) is 3. The minimum atomic E-state index is -4.37. The van der Waals surface area contributed by atoms with E-state index in [2.05, 4.69) is 25.5 Å². The highest BCUT2D eigenvalue weighted by atomic mass is 127. The van der Waals surface area contributed by atoms with Crippen molar-refractivity contribution >= 4 is 41.3 Å². The predicted octanol–water partition coefficient (Wildman–Crippen LogP) is 2.97. The van der Waals surface area contributed by atoms with Crippen LogP contribution in [0.15, 0.2) is 10.4 Å². The maximum atomic E-state index is 12.5. The number of aliphatic imine (C=N–C) groups is 1. The summed E-state index contributed by atoms with van der Waals surface area (Å²) in [5, 5.41) is 7.86. The molecule has 0 amide bonds. The van der Waals surface area contributed by atoms with Crippen molar-refractivity contribution in [2.45, 2.75) is 31.9 Å². The van der Waals surface area contributed by atoms with E-state index < -0.39 is 11.9 Å². The first-order valence-electron chi connectivity index (χ1n) is 8.17. The normalized spacial score (nSPS) is 15.9. The van der Waals surface area contributed by atoms with Gasteiger partial charge in [0.05, 0.1) is 5.01 Å². The Balaban J connectivity index is 0.00000312. The molecule has 1 aromatic heterocycles. The second-order valence-electron chi connectivity index (χ2n) is 5.70. The summed E-state index contributed by atoms with van der Waals surface area (Å²) >= 11 is 1.03. The first-order valence-corrected chi connectivity index (χ1v) is 9.05. The maximum Gasteiger partial charge on any atom is 0.434 e. The summed E-state index contributed by atoms with van der Waals surface area (Å²) in [6, 6.07) is 0.